The molecule has 1 amide bonds. The maximum absolute atomic E-state index is 13.0. The Bertz CT molecular complexity index is 1450. The first-order valence-electron chi connectivity index (χ1n) is 14.5. The van der Waals surface area contributed by atoms with Crippen LogP contribution in [0, 0.1) is 5.92 Å². The third-order valence-corrected chi connectivity index (χ3v) is 8.16. The van der Waals surface area contributed by atoms with Gasteiger partial charge in [-0.3, -0.25) is 14.6 Å². The summed E-state index contributed by atoms with van der Waals surface area (Å²) in [6, 6.07) is 25.0. The molecule has 0 bridgehead atoms. The second-order valence-electron chi connectivity index (χ2n) is 11.1. The van der Waals surface area contributed by atoms with E-state index in [4.69, 9.17) is 9.26 Å². The second-order valence-corrected chi connectivity index (χ2v) is 11.1. The van der Waals surface area contributed by atoms with Gasteiger partial charge in [0.05, 0.1) is 19.6 Å². The number of rotatable bonds is 9. The van der Waals surface area contributed by atoms with Crippen LogP contribution in [0.3, 0.4) is 0 Å². The number of amides is 1. The summed E-state index contributed by atoms with van der Waals surface area (Å²) in [6.07, 6.45) is 2.97. The number of piperidine rings is 1. The third kappa shape index (κ3) is 6.84. The van der Waals surface area contributed by atoms with Gasteiger partial charge in [0.1, 0.15) is 5.75 Å². The molecule has 1 saturated heterocycles. The van der Waals surface area contributed by atoms with Crippen LogP contribution in [0.5, 0.6) is 5.75 Å². The lowest BCUT2D eigenvalue weighted by Crippen LogP contribution is -2.42. The Morgan fingerprint density at radius 1 is 0.951 bits per heavy atom. The molecule has 2 aliphatic rings. The number of hydrogen-bond donors (Lipinski definition) is 1. The molecular formula is C33H37N5O3. The number of aromatic nitrogens is 2. The Balaban J connectivity index is 0.964. The van der Waals surface area contributed by atoms with Gasteiger partial charge in [-0.2, -0.15) is 4.98 Å². The van der Waals surface area contributed by atoms with Crippen LogP contribution < -0.4 is 10.1 Å². The van der Waals surface area contributed by atoms with E-state index in [-0.39, 0.29) is 11.8 Å². The highest BCUT2D eigenvalue weighted by Gasteiger charge is 2.27. The van der Waals surface area contributed by atoms with Gasteiger partial charge in [-0.15, -0.1) is 0 Å². The number of nitrogens with zero attached hydrogens (tertiary/aromatic N) is 4. The smallest absolute Gasteiger partial charge is 0.241 e. The first kappa shape index (κ1) is 27.2. The van der Waals surface area contributed by atoms with Crippen molar-refractivity contribution in [3.8, 4) is 17.1 Å². The predicted octanol–water partition coefficient (Wildman–Crippen LogP) is 4.83. The summed E-state index contributed by atoms with van der Waals surface area (Å²) >= 11 is 0. The summed E-state index contributed by atoms with van der Waals surface area (Å²) in [5.74, 6) is 1.96. The van der Waals surface area contributed by atoms with Crippen LogP contribution in [0.25, 0.3) is 11.4 Å². The molecule has 6 rings (SSSR count). The largest absolute Gasteiger partial charge is 0.497 e. The van der Waals surface area contributed by atoms with Crippen LogP contribution in [0.2, 0.25) is 0 Å². The van der Waals surface area contributed by atoms with E-state index in [0.29, 0.717) is 31.3 Å². The van der Waals surface area contributed by atoms with Crippen molar-refractivity contribution in [1.29, 1.82) is 0 Å². The molecule has 8 heteroatoms. The van der Waals surface area contributed by atoms with Crippen molar-refractivity contribution in [2.24, 2.45) is 5.92 Å². The van der Waals surface area contributed by atoms with Crippen LogP contribution in [0.4, 0.5) is 0 Å². The first-order valence-corrected chi connectivity index (χ1v) is 14.5. The number of fused-ring (bicyclic) bond motifs is 1. The Morgan fingerprint density at radius 2 is 1.73 bits per heavy atom. The number of carbonyl (C=O) groups is 1. The van der Waals surface area contributed by atoms with Gasteiger partial charge in [0.2, 0.25) is 17.6 Å². The number of likely N-dealkylation sites (tertiary alicyclic amines) is 1. The highest BCUT2D eigenvalue weighted by atomic mass is 16.5. The normalized spacial score (nSPS) is 17.6. The molecule has 1 unspecified atom stereocenters. The molecule has 2 aliphatic heterocycles. The molecule has 1 N–H and O–H groups in total. The van der Waals surface area contributed by atoms with Gasteiger partial charge in [-0.05, 0) is 72.3 Å². The minimum absolute atomic E-state index is 0.0472. The van der Waals surface area contributed by atoms with E-state index in [1.807, 2.05) is 24.3 Å². The number of carbonyl (C=O) groups excluding carboxylic acids is 1. The highest BCUT2D eigenvalue weighted by Crippen LogP contribution is 2.23. The zero-order valence-electron chi connectivity index (χ0n) is 23.6. The van der Waals surface area contributed by atoms with Crippen molar-refractivity contribution in [2.45, 2.75) is 45.4 Å². The van der Waals surface area contributed by atoms with Crippen molar-refractivity contribution >= 4 is 5.91 Å². The average Bonchev–Trinajstić information content (AvgIpc) is 3.49. The summed E-state index contributed by atoms with van der Waals surface area (Å²) in [5, 5.41) is 7.30. The molecule has 212 valence electrons. The molecule has 0 aliphatic carbocycles. The molecule has 0 saturated carbocycles. The minimum atomic E-state index is -0.0472. The molecule has 1 fully saturated rings. The van der Waals surface area contributed by atoms with E-state index in [2.05, 4.69) is 73.8 Å². The average molecular weight is 552 g/mol. The van der Waals surface area contributed by atoms with Gasteiger partial charge in [0.25, 0.3) is 0 Å². The van der Waals surface area contributed by atoms with Crippen molar-refractivity contribution in [3.05, 3.63) is 101 Å². The molecule has 3 heterocycles. The summed E-state index contributed by atoms with van der Waals surface area (Å²) < 4.78 is 10.7. The van der Waals surface area contributed by atoms with Crippen molar-refractivity contribution in [1.82, 2.24) is 25.3 Å². The fourth-order valence-corrected chi connectivity index (χ4v) is 5.82. The maximum Gasteiger partial charge on any atom is 0.241 e. The first-order chi connectivity index (χ1) is 20.1. The van der Waals surface area contributed by atoms with Gasteiger partial charge < -0.3 is 14.6 Å². The lowest BCUT2D eigenvalue weighted by atomic mass is 9.97. The van der Waals surface area contributed by atoms with E-state index in [9.17, 15) is 4.79 Å². The Kier molecular flexibility index (Phi) is 8.39. The van der Waals surface area contributed by atoms with Gasteiger partial charge >= 0.3 is 0 Å². The SMILES string of the molecule is COc1ccc(-c2noc(CN3CCCC(C(=O)NCc4ccc(CN5CCc6ccccc6C5)cc4)C3)n2)cc1. The van der Waals surface area contributed by atoms with Gasteiger partial charge in [-0.1, -0.05) is 53.7 Å². The number of nitrogens with one attached hydrogen (secondary N) is 1. The highest BCUT2D eigenvalue weighted by molar-refractivity contribution is 5.79. The topological polar surface area (TPSA) is 83.7 Å². The number of methoxy groups -OCH3 is 1. The zero-order valence-corrected chi connectivity index (χ0v) is 23.6. The molecule has 3 aromatic carbocycles. The monoisotopic (exact) mass is 551 g/mol. The molecular weight excluding hydrogens is 514 g/mol. The molecule has 0 radical (unpaired) electrons. The van der Waals surface area contributed by atoms with E-state index in [1.54, 1.807) is 7.11 Å². The van der Waals surface area contributed by atoms with Crippen molar-refractivity contribution < 1.29 is 14.1 Å². The van der Waals surface area contributed by atoms with E-state index in [0.717, 1.165) is 62.3 Å². The fourth-order valence-electron chi connectivity index (χ4n) is 5.82. The van der Waals surface area contributed by atoms with E-state index >= 15 is 0 Å². The van der Waals surface area contributed by atoms with Crippen LogP contribution in [0.15, 0.2) is 77.3 Å². The molecule has 41 heavy (non-hydrogen) atoms. The number of benzene rings is 3. The lowest BCUT2D eigenvalue weighted by Gasteiger charge is -2.30. The van der Waals surface area contributed by atoms with Gasteiger partial charge in [0.15, 0.2) is 0 Å². The Hall–Kier alpha value is -4.01. The Labute approximate surface area is 241 Å². The zero-order chi connectivity index (χ0) is 28.0. The molecule has 1 atom stereocenters. The van der Waals surface area contributed by atoms with E-state index < -0.39 is 0 Å². The van der Waals surface area contributed by atoms with E-state index in [1.165, 1.54) is 16.7 Å². The standard InChI is InChI=1S/C33H37N5O3/c1-40-30-14-12-27(13-15-30)32-35-31(41-36-32)23-37-17-4-7-29(22-37)33(39)34-19-24-8-10-25(11-9-24)20-38-18-16-26-5-2-3-6-28(26)21-38/h2-3,5-6,8-15,29H,4,7,16-23H2,1H3,(H,34,39). The summed E-state index contributed by atoms with van der Waals surface area (Å²) in [4.78, 5) is 22.3. The molecule has 4 aromatic rings. The van der Waals surface area contributed by atoms with Gasteiger partial charge in [0, 0.05) is 38.3 Å². The maximum atomic E-state index is 13.0. The Morgan fingerprint density at radius 3 is 2.54 bits per heavy atom. The minimum Gasteiger partial charge on any atom is -0.497 e. The number of hydrogen-bond acceptors (Lipinski definition) is 7. The molecule has 1 aromatic heterocycles. The third-order valence-electron chi connectivity index (χ3n) is 8.16. The summed E-state index contributed by atoms with van der Waals surface area (Å²) in [5.41, 5.74) is 6.22. The van der Waals surface area contributed by atoms with Crippen LogP contribution >= 0.6 is 0 Å². The van der Waals surface area contributed by atoms with Gasteiger partial charge in [-0.25, -0.2) is 0 Å². The predicted molar refractivity (Wildman–Crippen MR) is 157 cm³/mol. The second kappa shape index (κ2) is 12.7. The summed E-state index contributed by atoms with van der Waals surface area (Å²) in [6.45, 7) is 5.71. The number of ether oxygens (including phenoxy) is 1. The fraction of sp³-hybridized carbons (Fsp3) is 0.364. The van der Waals surface area contributed by atoms with Crippen LogP contribution in [-0.2, 0) is 37.4 Å². The van der Waals surface area contributed by atoms with Crippen molar-refractivity contribution in [3.63, 3.8) is 0 Å². The van der Waals surface area contributed by atoms with Crippen LogP contribution in [0.1, 0.15) is 41.0 Å². The quantitative estimate of drug-likeness (QED) is 0.319. The molecule has 8 nitrogen and oxygen atoms in total. The summed E-state index contributed by atoms with van der Waals surface area (Å²) in [7, 11) is 1.64. The van der Waals surface area contributed by atoms with Crippen molar-refractivity contribution in [2.75, 3.05) is 26.7 Å². The van der Waals surface area contributed by atoms with Crippen LogP contribution in [-0.4, -0.2) is 52.6 Å². The molecule has 0 spiro atoms. The lowest BCUT2D eigenvalue weighted by molar-refractivity contribution is -0.127.